The van der Waals surface area contributed by atoms with Crippen molar-refractivity contribution in [3.63, 3.8) is 0 Å². The van der Waals surface area contributed by atoms with Gasteiger partial charge in [0, 0.05) is 18.3 Å². The number of hydrazone groups is 1. The van der Waals surface area contributed by atoms with Crippen molar-refractivity contribution in [2.24, 2.45) is 16.7 Å². The van der Waals surface area contributed by atoms with Crippen LogP contribution in [0.25, 0.3) is 5.78 Å². The van der Waals surface area contributed by atoms with Crippen LogP contribution in [0.1, 0.15) is 66.1 Å². The van der Waals surface area contributed by atoms with Crippen LogP contribution in [0.15, 0.2) is 66.5 Å². The molecule has 0 aliphatic heterocycles. The summed E-state index contributed by atoms with van der Waals surface area (Å²) in [6.45, 7) is 5.74. The van der Waals surface area contributed by atoms with E-state index < -0.39 is 17.8 Å². The van der Waals surface area contributed by atoms with E-state index >= 15 is 0 Å². The van der Waals surface area contributed by atoms with E-state index in [0.29, 0.717) is 24.1 Å². The number of ether oxygens (including phenoxy) is 1. The van der Waals surface area contributed by atoms with Gasteiger partial charge in [-0.25, -0.2) is 9.78 Å². The number of carbonyl (C=O) groups excluding carboxylic acids is 3. The second-order valence-electron chi connectivity index (χ2n) is 9.78. The number of fused-ring (bicyclic) bond motifs is 2. The van der Waals surface area contributed by atoms with E-state index in [2.05, 4.69) is 42.7 Å². The summed E-state index contributed by atoms with van der Waals surface area (Å²) < 4.78 is 6.48. The molecule has 5 rings (SSSR count). The molecule has 0 radical (unpaired) electrons. The van der Waals surface area contributed by atoms with E-state index in [0.717, 1.165) is 22.3 Å². The smallest absolute Gasteiger partial charge is 0.338 e. The quantitative estimate of drug-likeness (QED) is 0.0483. The molecule has 7 N–H and O–H groups in total. The number of hydrogen-bond acceptors (Lipinski definition) is 9. The van der Waals surface area contributed by atoms with Gasteiger partial charge in [0.05, 0.1) is 11.6 Å². The number of guanidine groups is 1. The molecule has 1 aliphatic rings. The summed E-state index contributed by atoms with van der Waals surface area (Å²) in [5.41, 5.74) is 10.4. The summed E-state index contributed by atoms with van der Waals surface area (Å²) >= 11 is 0. The first kappa shape index (κ1) is 28.7. The number of benzene rings is 2. The highest BCUT2D eigenvalue weighted by Crippen LogP contribution is 2.35. The van der Waals surface area contributed by atoms with Crippen molar-refractivity contribution in [1.29, 1.82) is 0 Å². The molecule has 2 aromatic carbocycles. The Balaban J connectivity index is 1.32. The number of nitrogens with two attached hydrogens (primary N) is 2. The summed E-state index contributed by atoms with van der Waals surface area (Å²) in [5.74, 6) is 3.94. The van der Waals surface area contributed by atoms with Crippen LogP contribution in [0.2, 0.25) is 0 Å². The zero-order valence-electron chi connectivity index (χ0n) is 23.3. The van der Waals surface area contributed by atoms with E-state index in [1.54, 1.807) is 24.3 Å². The SMILES string of the molecule is C=CCOC(=O)c1ccc2c(c1C)CC[C@@H]2NC(=O)c1cc(C(=O)NCc2cccc(N/C(N)=N/N)c2)nc2ncnn12. The maximum absolute atomic E-state index is 13.5. The zero-order valence-corrected chi connectivity index (χ0v) is 23.3. The summed E-state index contributed by atoms with van der Waals surface area (Å²) in [6, 6.07) is 11.8. The van der Waals surface area contributed by atoms with Crippen LogP contribution < -0.4 is 27.5 Å². The lowest BCUT2D eigenvalue weighted by Crippen LogP contribution is -2.30. The van der Waals surface area contributed by atoms with Crippen LogP contribution in [0.4, 0.5) is 5.69 Å². The second kappa shape index (κ2) is 12.4. The molecule has 1 aliphatic carbocycles. The number of aromatic nitrogens is 4. The first-order valence-electron chi connectivity index (χ1n) is 13.4. The fourth-order valence-corrected chi connectivity index (χ4v) is 5.00. The summed E-state index contributed by atoms with van der Waals surface area (Å²) in [7, 11) is 0. The Bertz CT molecular complexity index is 1760. The number of esters is 1. The number of amides is 2. The van der Waals surface area contributed by atoms with Gasteiger partial charge in [-0.05, 0) is 60.2 Å². The monoisotopic (exact) mass is 582 g/mol. The molecule has 1 atom stereocenters. The zero-order chi connectivity index (χ0) is 30.5. The van der Waals surface area contributed by atoms with Gasteiger partial charge in [-0.2, -0.15) is 14.6 Å². The Morgan fingerprint density at radius 3 is 2.84 bits per heavy atom. The Morgan fingerprint density at radius 1 is 1.21 bits per heavy atom. The minimum atomic E-state index is -0.501. The minimum Gasteiger partial charge on any atom is -0.458 e. The van der Waals surface area contributed by atoms with Gasteiger partial charge in [0.15, 0.2) is 0 Å². The van der Waals surface area contributed by atoms with Crippen LogP contribution in [0, 0.1) is 6.92 Å². The molecule has 0 saturated heterocycles. The standard InChI is InChI=1S/C29H30N10O4/c1-3-11-43-27(42)20-7-8-21-19(16(20)2)9-10-22(21)36-26(41)24-13-23(37-29-33-15-34-39(24)29)25(40)32-14-17-5-4-6-18(12-17)35-28(30)38-31/h3-8,12-13,15,22H,1,9-11,14,31H2,2H3,(H,32,40)(H,36,41)(H3,30,35,38)/t22-/m0/s1. The van der Waals surface area contributed by atoms with Crippen LogP contribution >= 0.6 is 0 Å². The molecule has 14 nitrogen and oxygen atoms in total. The number of rotatable bonds is 9. The largest absolute Gasteiger partial charge is 0.458 e. The lowest BCUT2D eigenvalue weighted by atomic mass is 9.98. The van der Waals surface area contributed by atoms with E-state index in [9.17, 15) is 14.4 Å². The van der Waals surface area contributed by atoms with Gasteiger partial charge in [-0.15, -0.1) is 5.10 Å². The highest BCUT2D eigenvalue weighted by Gasteiger charge is 2.29. The lowest BCUT2D eigenvalue weighted by molar-refractivity contribution is 0.0548. The summed E-state index contributed by atoms with van der Waals surface area (Å²) in [5, 5.41) is 16.2. The van der Waals surface area contributed by atoms with Crippen LogP contribution in [0.5, 0.6) is 0 Å². The van der Waals surface area contributed by atoms with E-state index in [1.165, 1.54) is 23.0 Å². The predicted octanol–water partition coefficient (Wildman–Crippen LogP) is 1.72. The third-order valence-electron chi connectivity index (χ3n) is 7.06. The number of carbonyl (C=O) groups is 3. The fraction of sp³-hybridized carbons (Fsp3) is 0.207. The van der Waals surface area contributed by atoms with Gasteiger partial charge in [0.1, 0.15) is 24.3 Å². The lowest BCUT2D eigenvalue weighted by Gasteiger charge is -2.16. The van der Waals surface area contributed by atoms with Gasteiger partial charge in [0.25, 0.3) is 17.6 Å². The number of hydrogen-bond donors (Lipinski definition) is 5. The average Bonchev–Trinajstić information content (AvgIpc) is 3.66. The Labute approximate surface area is 246 Å². The van der Waals surface area contributed by atoms with Gasteiger partial charge >= 0.3 is 5.97 Å². The van der Waals surface area contributed by atoms with Gasteiger partial charge in [-0.1, -0.05) is 30.9 Å². The van der Waals surface area contributed by atoms with Crippen molar-refractivity contribution in [3.8, 4) is 0 Å². The molecule has 0 fully saturated rings. The highest BCUT2D eigenvalue weighted by atomic mass is 16.5. The van der Waals surface area contributed by atoms with Crippen LogP contribution in [0.3, 0.4) is 0 Å². The number of nitrogens with one attached hydrogen (secondary N) is 3. The van der Waals surface area contributed by atoms with Crippen molar-refractivity contribution in [1.82, 2.24) is 30.2 Å². The molecule has 43 heavy (non-hydrogen) atoms. The Morgan fingerprint density at radius 2 is 2.05 bits per heavy atom. The number of anilines is 1. The molecule has 2 aromatic heterocycles. The minimum absolute atomic E-state index is 0.00443. The molecule has 2 amide bonds. The molecule has 0 saturated carbocycles. The molecule has 0 bridgehead atoms. The molecule has 14 heteroatoms. The third-order valence-corrected chi connectivity index (χ3v) is 7.06. The van der Waals surface area contributed by atoms with Crippen molar-refractivity contribution in [2.45, 2.75) is 32.4 Å². The molecular formula is C29H30N10O4. The first-order chi connectivity index (χ1) is 20.8. The second-order valence-corrected chi connectivity index (χ2v) is 9.78. The molecular weight excluding hydrogens is 552 g/mol. The van der Waals surface area contributed by atoms with Crippen LogP contribution in [-0.4, -0.2) is 49.9 Å². The van der Waals surface area contributed by atoms with Crippen molar-refractivity contribution in [2.75, 3.05) is 11.9 Å². The molecule has 2 heterocycles. The number of nitrogens with zero attached hydrogens (tertiary/aromatic N) is 5. The molecule has 0 unspecified atom stereocenters. The molecule has 4 aromatic rings. The van der Waals surface area contributed by atoms with Gasteiger partial charge in [-0.3, -0.25) is 9.59 Å². The Kier molecular flexibility index (Phi) is 8.27. The predicted molar refractivity (Wildman–Crippen MR) is 158 cm³/mol. The maximum atomic E-state index is 13.5. The van der Waals surface area contributed by atoms with Gasteiger partial charge in [0.2, 0.25) is 5.96 Å². The van der Waals surface area contributed by atoms with Crippen molar-refractivity contribution >= 4 is 35.2 Å². The first-order valence-corrected chi connectivity index (χ1v) is 13.4. The third kappa shape index (κ3) is 6.12. The normalized spacial score (nSPS) is 14.2. The molecule has 220 valence electrons. The average molecular weight is 583 g/mol. The highest BCUT2D eigenvalue weighted by molar-refractivity contribution is 5.98. The van der Waals surface area contributed by atoms with Crippen molar-refractivity contribution < 1.29 is 19.1 Å². The molecule has 0 spiro atoms. The Hall–Kier alpha value is -5.79. The van der Waals surface area contributed by atoms with Crippen LogP contribution in [-0.2, 0) is 17.7 Å². The van der Waals surface area contributed by atoms with Gasteiger partial charge < -0.3 is 32.3 Å². The van der Waals surface area contributed by atoms with E-state index in [1.807, 2.05) is 19.1 Å². The van der Waals surface area contributed by atoms with Crippen molar-refractivity contribution in [3.05, 3.63) is 101 Å². The fourth-order valence-electron chi connectivity index (χ4n) is 5.00. The summed E-state index contributed by atoms with van der Waals surface area (Å²) in [4.78, 5) is 47.4. The van der Waals surface area contributed by atoms with E-state index in [-0.39, 0.29) is 42.3 Å². The summed E-state index contributed by atoms with van der Waals surface area (Å²) in [6.07, 6.45) is 4.10. The maximum Gasteiger partial charge on any atom is 0.338 e. The topological polar surface area (TPSA) is 204 Å². The van der Waals surface area contributed by atoms with E-state index in [4.69, 9.17) is 16.3 Å².